The average Bonchev–Trinajstić information content (AvgIpc) is 3.19. The zero-order valence-corrected chi connectivity index (χ0v) is 14.8. The molecule has 2 aliphatic carbocycles. The lowest BCUT2D eigenvalue weighted by Gasteiger charge is -2.32. The van der Waals surface area contributed by atoms with Crippen LogP contribution in [0.1, 0.15) is 0 Å². The second kappa shape index (κ2) is 8.64. The van der Waals surface area contributed by atoms with Gasteiger partial charge in [-0.3, -0.25) is 4.79 Å². The van der Waals surface area contributed by atoms with Gasteiger partial charge in [-0.1, -0.05) is 72.9 Å². The molecule has 5 heteroatoms. The van der Waals surface area contributed by atoms with Gasteiger partial charge in [-0.15, -0.1) is 0 Å². The van der Waals surface area contributed by atoms with Crippen molar-refractivity contribution in [2.75, 3.05) is 0 Å². The molecule has 0 aromatic heterocycles. The fraction of sp³-hybridized carbons (Fsp3) is 0.273. The summed E-state index contributed by atoms with van der Waals surface area (Å²) < 4.78 is 6.23. The molecule has 0 bridgehead atoms. The molecule has 1 heterocycles. The first-order valence-electron chi connectivity index (χ1n) is 8.97. The minimum atomic E-state index is -0.970. The first-order valence-corrected chi connectivity index (χ1v) is 8.97. The summed E-state index contributed by atoms with van der Waals surface area (Å²) in [6.07, 6.45) is 25.8. The highest BCUT2D eigenvalue weighted by Gasteiger charge is 2.50. The molecule has 0 spiro atoms. The average molecular weight is 365 g/mol. The summed E-state index contributed by atoms with van der Waals surface area (Å²) in [7, 11) is 0. The lowest BCUT2D eigenvalue weighted by Crippen LogP contribution is -2.32. The number of carboxylic acids is 1. The summed E-state index contributed by atoms with van der Waals surface area (Å²) in [5.41, 5.74) is 5.12. The Morgan fingerprint density at radius 3 is 2.33 bits per heavy atom. The zero-order chi connectivity index (χ0) is 19.2. The molecule has 5 nitrogen and oxygen atoms in total. The summed E-state index contributed by atoms with van der Waals surface area (Å²) in [5, 5.41) is 8.57. The largest absolute Gasteiger partial charge is 0.478 e. The minimum Gasteiger partial charge on any atom is -0.478 e. The van der Waals surface area contributed by atoms with Crippen LogP contribution < -0.4 is 5.73 Å². The highest BCUT2D eigenvalue weighted by atomic mass is 16.5. The number of primary amides is 1. The van der Waals surface area contributed by atoms with Gasteiger partial charge in [-0.05, 0) is 0 Å². The van der Waals surface area contributed by atoms with Crippen LogP contribution in [0.3, 0.4) is 0 Å². The second-order valence-electron chi connectivity index (χ2n) is 6.76. The van der Waals surface area contributed by atoms with Gasteiger partial charge in [0.15, 0.2) is 0 Å². The van der Waals surface area contributed by atoms with Crippen LogP contribution in [0.15, 0.2) is 85.1 Å². The maximum absolute atomic E-state index is 10.8. The van der Waals surface area contributed by atoms with Crippen molar-refractivity contribution in [1.82, 2.24) is 0 Å². The molecule has 0 radical (unpaired) electrons. The van der Waals surface area contributed by atoms with E-state index >= 15 is 0 Å². The fourth-order valence-corrected chi connectivity index (χ4v) is 4.02. The van der Waals surface area contributed by atoms with Gasteiger partial charge < -0.3 is 15.6 Å². The molecule has 3 rings (SSSR count). The number of nitrogens with two attached hydrogens (primary N) is 1. The van der Waals surface area contributed by atoms with E-state index in [0.29, 0.717) is 17.8 Å². The van der Waals surface area contributed by atoms with Crippen LogP contribution in [-0.2, 0) is 14.3 Å². The molecule has 6 atom stereocenters. The molecule has 3 aliphatic rings. The maximum atomic E-state index is 10.8. The van der Waals surface area contributed by atoms with Gasteiger partial charge >= 0.3 is 5.97 Å². The van der Waals surface area contributed by atoms with Gasteiger partial charge in [-0.25, -0.2) is 4.79 Å². The van der Waals surface area contributed by atoms with E-state index in [0.717, 1.165) is 6.08 Å². The van der Waals surface area contributed by atoms with Crippen LogP contribution >= 0.6 is 0 Å². The van der Waals surface area contributed by atoms with Gasteiger partial charge in [-0.2, -0.15) is 0 Å². The Morgan fingerprint density at radius 2 is 1.56 bits per heavy atom. The number of carbonyl (C=O) groups is 2. The number of amides is 1. The number of hydrogen-bond acceptors (Lipinski definition) is 3. The van der Waals surface area contributed by atoms with Crippen molar-refractivity contribution in [3.05, 3.63) is 85.1 Å². The number of aliphatic carboxylic acids is 1. The van der Waals surface area contributed by atoms with Crippen molar-refractivity contribution in [3.63, 3.8) is 0 Å². The van der Waals surface area contributed by atoms with E-state index in [9.17, 15) is 9.59 Å². The molecular formula is C22H23NO4. The first-order chi connectivity index (χ1) is 13.1. The van der Waals surface area contributed by atoms with Gasteiger partial charge in [0.2, 0.25) is 5.91 Å². The monoisotopic (exact) mass is 365 g/mol. The SMILES string of the molecule is NC(=O)C=CC=CC1C=CC2C=CC3OC(C=CC=CC=CC(=O)O)C1C23. The topological polar surface area (TPSA) is 89.6 Å². The zero-order valence-electron chi connectivity index (χ0n) is 14.8. The van der Waals surface area contributed by atoms with Crippen molar-refractivity contribution in [3.8, 4) is 0 Å². The number of carboxylic acid groups (broad SMARTS) is 1. The summed E-state index contributed by atoms with van der Waals surface area (Å²) in [6.45, 7) is 0. The van der Waals surface area contributed by atoms with E-state index in [1.165, 1.54) is 12.2 Å². The maximum Gasteiger partial charge on any atom is 0.328 e. The van der Waals surface area contributed by atoms with E-state index in [1.54, 1.807) is 18.2 Å². The Balaban J connectivity index is 1.72. The molecule has 0 aromatic rings. The second-order valence-corrected chi connectivity index (χ2v) is 6.76. The van der Waals surface area contributed by atoms with Gasteiger partial charge in [0.25, 0.3) is 0 Å². The number of rotatable bonds is 7. The molecular weight excluding hydrogens is 342 g/mol. The number of hydrogen-bond donors (Lipinski definition) is 2. The van der Waals surface area contributed by atoms with Crippen LogP contribution in [0.2, 0.25) is 0 Å². The Bertz CT molecular complexity index is 784. The third kappa shape index (κ3) is 4.63. The van der Waals surface area contributed by atoms with Crippen LogP contribution in [-0.4, -0.2) is 29.2 Å². The fourth-order valence-electron chi connectivity index (χ4n) is 4.02. The summed E-state index contributed by atoms with van der Waals surface area (Å²) in [5.74, 6) is -0.111. The lowest BCUT2D eigenvalue weighted by molar-refractivity contribution is -0.131. The first kappa shape index (κ1) is 18.9. The molecule has 6 unspecified atom stereocenters. The van der Waals surface area contributed by atoms with Crippen molar-refractivity contribution >= 4 is 11.9 Å². The molecule has 140 valence electrons. The summed E-state index contributed by atoms with van der Waals surface area (Å²) in [6, 6.07) is 0. The van der Waals surface area contributed by atoms with Gasteiger partial charge in [0, 0.05) is 35.8 Å². The Morgan fingerprint density at radius 1 is 0.852 bits per heavy atom. The van der Waals surface area contributed by atoms with Crippen molar-refractivity contribution < 1.29 is 19.4 Å². The third-order valence-electron chi connectivity index (χ3n) is 5.06. The van der Waals surface area contributed by atoms with Crippen molar-refractivity contribution in [1.29, 1.82) is 0 Å². The molecule has 1 aliphatic heterocycles. The van der Waals surface area contributed by atoms with Crippen LogP contribution in [0, 0.1) is 23.7 Å². The van der Waals surface area contributed by atoms with Gasteiger partial charge in [0.05, 0.1) is 12.2 Å². The Labute approximate surface area is 158 Å². The molecule has 27 heavy (non-hydrogen) atoms. The van der Waals surface area contributed by atoms with Crippen LogP contribution in [0.4, 0.5) is 0 Å². The van der Waals surface area contributed by atoms with Crippen LogP contribution in [0.25, 0.3) is 0 Å². The highest BCUT2D eigenvalue weighted by Crippen LogP contribution is 2.50. The number of carbonyl (C=O) groups excluding carboxylic acids is 1. The number of ether oxygens (including phenoxy) is 1. The van der Waals surface area contributed by atoms with E-state index in [1.807, 2.05) is 18.2 Å². The Kier molecular flexibility index (Phi) is 6.04. The molecule has 1 amide bonds. The standard InChI is InChI=1S/C22H23NO4/c23-19(24)9-6-5-7-15-11-12-16-13-14-18-22(16)21(15)17(27-18)8-3-1-2-4-10-20(25)26/h1-18,21-22H,(H2,23,24)(H,25,26). The predicted molar refractivity (Wildman–Crippen MR) is 103 cm³/mol. The van der Waals surface area contributed by atoms with Crippen molar-refractivity contribution in [2.45, 2.75) is 12.2 Å². The highest BCUT2D eigenvalue weighted by molar-refractivity contribution is 5.86. The minimum absolute atomic E-state index is 0.0275. The van der Waals surface area contributed by atoms with Crippen LogP contribution in [0.5, 0.6) is 0 Å². The lowest BCUT2D eigenvalue weighted by atomic mass is 9.70. The molecule has 1 saturated heterocycles. The number of allylic oxidation sites excluding steroid dienone is 10. The van der Waals surface area contributed by atoms with E-state index in [4.69, 9.17) is 15.6 Å². The summed E-state index contributed by atoms with van der Waals surface area (Å²) in [4.78, 5) is 21.3. The van der Waals surface area contributed by atoms with Crippen molar-refractivity contribution in [2.24, 2.45) is 29.4 Å². The smallest absolute Gasteiger partial charge is 0.328 e. The predicted octanol–water partition coefficient (Wildman–Crippen LogP) is 2.71. The summed E-state index contributed by atoms with van der Waals surface area (Å²) >= 11 is 0. The molecule has 1 fully saturated rings. The molecule has 0 aromatic carbocycles. The Hall–Kier alpha value is -2.92. The molecule has 0 saturated carbocycles. The normalized spacial score (nSPS) is 34.8. The van der Waals surface area contributed by atoms with E-state index in [2.05, 4.69) is 30.4 Å². The van der Waals surface area contributed by atoms with E-state index < -0.39 is 11.9 Å². The molecule has 3 N–H and O–H groups in total. The quantitative estimate of drug-likeness (QED) is 0.412. The van der Waals surface area contributed by atoms with E-state index in [-0.39, 0.29) is 18.1 Å². The van der Waals surface area contributed by atoms with Gasteiger partial charge in [0.1, 0.15) is 0 Å². The third-order valence-corrected chi connectivity index (χ3v) is 5.06.